The smallest absolute Gasteiger partial charge is 0.266 e. The molecule has 0 saturated carbocycles. The van der Waals surface area contributed by atoms with E-state index in [9.17, 15) is 4.79 Å². The second kappa shape index (κ2) is 12.4. The Morgan fingerprint density at radius 2 is 1.13 bits per heavy atom. The van der Waals surface area contributed by atoms with Crippen LogP contribution in [0, 0.1) is 0 Å². The first-order chi connectivity index (χ1) is 11.2. The summed E-state index contributed by atoms with van der Waals surface area (Å²) in [6.45, 7) is 2.28. The summed E-state index contributed by atoms with van der Waals surface area (Å²) in [5.41, 5.74) is 1.28. The van der Waals surface area contributed by atoms with E-state index in [1.54, 1.807) is 10.7 Å². The minimum absolute atomic E-state index is 0.109. The van der Waals surface area contributed by atoms with E-state index in [1.165, 1.54) is 89.2 Å². The van der Waals surface area contributed by atoms with E-state index >= 15 is 0 Å². The molecule has 1 aromatic heterocycles. The van der Waals surface area contributed by atoms with Crippen molar-refractivity contribution < 1.29 is 0 Å². The number of aromatic nitrogens is 2. The van der Waals surface area contributed by atoms with Crippen molar-refractivity contribution in [2.24, 2.45) is 14.1 Å². The van der Waals surface area contributed by atoms with Crippen molar-refractivity contribution in [3.63, 3.8) is 0 Å². The predicted molar refractivity (Wildman–Crippen MR) is 100 cm³/mol. The summed E-state index contributed by atoms with van der Waals surface area (Å²) in [5, 5.41) is 0. The van der Waals surface area contributed by atoms with Gasteiger partial charge in [0.2, 0.25) is 0 Å². The number of hydrogen-bond donors (Lipinski definition) is 0. The van der Waals surface area contributed by atoms with E-state index in [0.29, 0.717) is 0 Å². The SMILES string of the molecule is CCCCCCCCCCCCCCCc1cc(=O)n(C)n1C. The lowest BCUT2D eigenvalue weighted by Gasteiger charge is -2.06. The minimum atomic E-state index is 0.109. The van der Waals surface area contributed by atoms with Crippen LogP contribution in [-0.4, -0.2) is 9.36 Å². The van der Waals surface area contributed by atoms with Gasteiger partial charge in [-0.15, -0.1) is 0 Å². The summed E-state index contributed by atoms with van der Waals surface area (Å²) in [6, 6.07) is 1.78. The highest BCUT2D eigenvalue weighted by molar-refractivity contribution is 5.01. The third-order valence-electron chi connectivity index (χ3n) is 5.01. The molecule has 0 aromatic carbocycles. The molecule has 0 aliphatic carbocycles. The monoisotopic (exact) mass is 322 g/mol. The fourth-order valence-corrected chi connectivity index (χ4v) is 3.23. The maximum absolute atomic E-state index is 11.5. The Morgan fingerprint density at radius 1 is 0.696 bits per heavy atom. The van der Waals surface area contributed by atoms with Crippen molar-refractivity contribution >= 4 is 0 Å². The molecule has 0 fully saturated rings. The number of unbranched alkanes of at least 4 members (excludes halogenated alkanes) is 12. The van der Waals surface area contributed by atoms with Crippen molar-refractivity contribution in [2.75, 3.05) is 0 Å². The molecule has 1 heterocycles. The van der Waals surface area contributed by atoms with Gasteiger partial charge in [-0.3, -0.25) is 14.2 Å². The summed E-state index contributed by atoms with van der Waals surface area (Å²) >= 11 is 0. The maximum atomic E-state index is 11.5. The molecule has 0 spiro atoms. The van der Waals surface area contributed by atoms with E-state index in [0.717, 1.165) is 6.42 Å². The molecular weight excluding hydrogens is 284 g/mol. The molecule has 0 saturated heterocycles. The average molecular weight is 323 g/mol. The van der Waals surface area contributed by atoms with Gasteiger partial charge in [-0.2, -0.15) is 0 Å². The standard InChI is InChI=1S/C20H38N2O/c1-4-5-6-7-8-9-10-11-12-13-14-15-16-17-19-18-20(23)22(3)21(19)2/h18H,4-17H2,1-3H3. The van der Waals surface area contributed by atoms with Gasteiger partial charge in [0.1, 0.15) is 0 Å². The number of hydrogen-bond acceptors (Lipinski definition) is 1. The highest BCUT2D eigenvalue weighted by atomic mass is 16.1. The van der Waals surface area contributed by atoms with Crippen LogP contribution in [-0.2, 0) is 20.5 Å². The van der Waals surface area contributed by atoms with E-state index in [1.807, 2.05) is 18.8 Å². The summed E-state index contributed by atoms with van der Waals surface area (Å²) in [4.78, 5) is 11.5. The van der Waals surface area contributed by atoms with Crippen LogP contribution >= 0.6 is 0 Å². The van der Waals surface area contributed by atoms with Gasteiger partial charge in [-0.05, 0) is 12.8 Å². The van der Waals surface area contributed by atoms with Crippen LogP contribution in [0.1, 0.15) is 96.1 Å². The van der Waals surface area contributed by atoms with Gasteiger partial charge >= 0.3 is 0 Å². The van der Waals surface area contributed by atoms with Gasteiger partial charge in [0.05, 0.1) is 0 Å². The molecule has 3 nitrogen and oxygen atoms in total. The van der Waals surface area contributed by atoms with Gasteiger partial charge < -0.3 is 0 Å². The molecule has 0 unspecified atom stereocenters. The van der Waals surface area contributed by atoms with Gasteiger partial charge in [-0.1, -0.05) is 84.0 Å². The zero-order chi connectivity index (χ0) is 16.9. The molecule has 0 radical (unpaired) electrons. The van der Waals surface area contributed by atoms with Crippen LogP contribution < -0.4 is 5.56 Å². The van der Waals surface area contributed by atoms with Gasteiger partial charge in [-0.25, -0.2) is 0 Å². The molecule has 0 aliphatic heterocycles. The lowest BCUT2D eigenvalue weighted by molar-refractivity contribution is 0.527. The van der Waals surface area contributed by atoms with Gasteiger partial charge in [0, 0.05) is 25.9 Å². The van der Waals surface area contributed by atoms with E-state index < -0.39 is 0 Å². The van der Waals surface area contributed by atoms with Crippen molar-refractivity contribution in [1.82, 2.24) is 9.36 Å². The topological polar surface area (TPSA) is 26.9 Å². The van der Waals surface area contributed by atoms with Crippen molar-refractivity contribution in [1.29, 1.82) is 0 Å². The average Bonchev–Trinajstić information content (AvgIpc) is 2.79. The summed E-state index contributed by atoms with van der Waals surface area (Å²) in [7, 11) is 3.80. The van der Waals surface area contributed by atoms with Gasteiger partial charge in [0.15, 0.2) is 0 Å². The van der Waals surface area contributed by atoms with E-state index in [2.05, 4.69) is 6.92 Å². The lowest BCUT2D eigenvalue weighted by atomic mass is 10.0. The number of aryl methyl sites for hydroxylation is 1. The normalized spacial score (nSPS) is 11.3. The predicted octanol–water partition coefficient (Wildman–Crippen LogP) is 5.36. The molecule has 0 aliphatic rings. The van der Waals surface area contributed by atoms with Crippen molar-refractivity contribution in [3.8, 4) is 0 Å². The Bertz CT molecular complexity index is 459. The van der Waals surface area contributed by atoms with E-state index in [4.69, 9.17) is 0 Å². The Hall–Kier alpha value is -0.990. The van der Waals surface area contributed by atoms with Crippen LogP contribution in [0.15, 0.2) is 10.9 Å². The molecule has 0 bridgehead atoms. The van der Waals surface area contributed by atoms with Crippen molar-refractivity contribution in [2.45, 2.75) is 96.8 Å². The zero-order valence-corrected chi connectivity index (χ0v) is 15.8. The van der Waals surface area contributed by atoms with Crippen LogP contribution in [0.2, 0.25) is 0 Å². The first-order valence-electron chi connectivity index (χ1n) is 9.88. The molecular formula is C20H38N2O. The Morgan fingerprint density at radius 3 is 1.52 bits per heavy atom. The Balaban J connectivity index is 1.88. The molecule has 0 amide bonds. The molecule has 23 heavy (non-hydrogen) atoms. The summed E-state index contributed by atoms with van der Waals surface area (Å²) < 4.78 is 3.65. The zero-order valence-electron chi connectivity index (χ0n) is 15.8. The van der Waals surface area contributed by atoms with Gasteiger partial charge in [0.25, 0.3) is 5.56 Å². The molecule has 134 valence electrons. The quantitative estimate of drug-likeness (QED) is 0.424. The van der Waals surface area contributed by atoms with Crippen LogP contribution in [0.4, 0.5) is 0 Å². The molecule has 1 aromatic rings. The molecule has 0 N–H and O–H groups in total. The minimum Gasteiger partial charge on any atom is -0.290 e. The first kappa shape index (κ1) is 20.1. The third kappa shape index (κ3) is 8.43. The molecule has 3 heteroatoms. The largest absolute Gasteiger partial charge is 0.290 e. The number of nitrogens with zero attached hydrogens (tertiary/aromatic N) is 2. The number of rotatable bonds is 14. The third-order valence-corrected chi connectivity index (χ3v) is 5.01. The highest BCUT2D eigenvalue weighted by Gasteiger charge is 2.04. The summed E-state index contributed by atoms with van der Waals surface area (Å²) in [5.74, 6) is 0. The van der Waals surface area contributed by atoms with Crippen LogP contribution in [0.3, 0.4) is 0 Å². The second-order valence-electron chi connectivity index (χ2n) is 7.01. The Kier molecular flexibility index (Phi) is 10.8. The van der Waals surface area contributed by atoms with E-state index in [-0.39, 0.29) is 5.56 Å². The maximum Gasteiger partial charge on any atom is 0.266 e. The molecule has 0 atom stereocenters. The van der Waals surface area contributed by atoms with Crippen molar-refractivity contribution in [3.05, 3.63) is 22.1 Å². The fourth-order valence-electron chi connectivity index (χ4n) is 3.23. The lowest BCUT2D eigenvalue weighted by Crippen LogP contribution is -2.16. The summed E-state index contributed by atoms with van der Waals surface area (Å²) in [6.07, 6.45) is 19.0. The van der Waals surface area contributed by atoms with Crippen LogP contribution in [0.25, 0.3) is 0 Å². The molecule has 1 rings (SSSR count). The fraction of sp³-hybridized carbons (Fsp3) is 0.850. The first-order valence-corrected chi connectivity index (χ1v) is 9.88. The van der Waals surface area contributed by atoms with Crippen LogP contribution in [0.5, 0.6) is 0 Å². The Labute approximate surface area is 143 Å². The second-order valence-corrected chi connectivity index (χ2v) is 7.01. The highest BCUT2D eigenvalue weighted by Crippen LogP contribution is 2.13.